The molecule has 4 rings (SSSR count). The molecule has 3 heterocycles. The molecule has 3 aliphatic rings. The topological polar surface area (TPSA) is 496 Å². The second-order valence-corrected chi connectivity index (χ2v) is 16.1. The van der Waals surface area contributed by atoms with Crippen LogP contribution in [0.2, 0.25) is 0 Å². The molecule has 384 valence electrons. The van der Waals surface area contributed by atoms with E-state index in [1.54, 1.807) is 0 Å². The Morgan fingerprint density at radius 1 is 0.642 bits per heavy atom. The fourth-order valence-corrected chi connectivity index (χ4v) is 6.72. The number of carbonyl (C=O) groups excluding carboxylic acids is 2. The molecule has 1 aromatic carbocycles. The lowest BCUT2D eigenvalue weighted by molar-refractivity contribution is -0.384. The number of hydrogen-bond donors (Lipinski definition) is 17. The number of nitrogens with two attached hydrogens (primary N) is 2. The Bertz CT molecular complexity index is 1710. The summed E-state index contributed by atoms with van der Waals surface area (Å²) in [4.78, 5) is 55.4. The number of amides is 1. The summed E-state index contributed by atoms with van der Waals surface area (Å²) in [5.74, 6) is -3.96. The molecular formula is C39H64N4O24. The van der Waals surface area contributed by atoms with Crippen molar-refractivity contribution in [1.29, 1.82) is 0 Å². The normalized spacial score (nSPS) is 33.5. The molecule has 3 aliphatic heterocycles. The van der Waals surface area contributed by atoms with Crippen molar-refractivity contribution in [1.82, 2.24) is 5.32 Å². The van der Waals surface area contributed by atoms with Crippen LogP contribution in [-0.4, -0.2) is 230 Å². The monoisotopic (exact) mass is 972 g/mol. The van der Waals surface area contributed by atoms with Crippen molar-refractivity contribution in [3.8, 4) is 5.75 Å². The van der Waals surface area contributed by atoms with Crippen molar-refractivity contribution in [3.63, 3.8) is 0 Å². The molecule has 0 bridgehead atoms. The zero-order chi connectivity index (χ0) is 51.0. The zero-order valence-corrected chi connectivity index (χ0v) is 36.4. The average molecular weight is 973 g/mol. The maximum absolute atomic E-state index is 12.2. The summed E-state index contributed by atoms with van der Waals surface area (Å²) in [6.07, 6.45) is -19.1. The van der Waals surface area contributed by atoms with Crippen LogP contribution < -0.4 is 21.5 Å². The first-order valence-electron chi connectivity index (χ1n) is 20.9. The Hall–Kier alpha value is -4.18. The second kappa shape index (κ2) is 27.7. The number of nitrogens with zero attached hydrogens (tertiary/aromatic N) is 1. The van der Waals surface area contributed by atoms with Crippen LogP contribution in [0, 0.1) is 16.0 Å². The van der Waals surface area contributed by atoms with Gasteiger partial charge in [-0.2, -0.15) is 0 Å². The van der Waals surface area contributed by atoms with Crippen molar-refractivity contribution in [2.75, 3.05) is 19.8 Å². The van der Waals surface area contributed by atoms with Gasteiger partial charge in [-0.25, -0.2) is 0 Å². The fraction of sp³-hybridized carbons (Fsp3) is 0.744. The quantitative estimate of drug-likeness (QED) is 0.0452. The third-order valence-electron chi connectivity index (χ3n) is 11.1. The van der Waals surface area contributed by atoms with E-state index in [4.69, 9.17) is 55.9 Å². The molecule has 1 aromatic rings. The Kier molecular flexibility index (Phi) is 24.4. The number of nitrogens with one attached hydrogen (secondary N) is 1. The number of nitro benzene ring substituents is 1. The number of aliphatic carboxylic acids is 2. The highest BCUT2D eigenvalue weighted by Crippen LogP contribution is 2.27. The molecule has 0 aliphatic carbocycles. The van der Waals surface area contributed by atoms with E-state index >= 15 is 0 Å². The third kappa shape index (κ3) is 17.1. The van der Waals surface area contributed by atoms with Gasteiger partial charge in [0.05, 0.1) is 43.0 Å². The van der Waals surface area contributed by atoms with Gasteiger partial charge in [-0.1, -0.05) is 6.92 Å². The molecule has 3 saturated heterocycles. The van der Waals surface area contributed by atoms with Crippen molar-refractivity contribution < 1.29 is 115 Å². The minimum absolute atomic E-state index is 0.0536. The summed E-state index contributed by atoms with van der Waals surface area (Å²) < 4.78 is 21.0. The van der Waals surface area contributed by atoms with Crippen molar-refractivity contribution in [3.05, 3.63) is 34.4 Å². The van der Waals surface area contributed by atoms with Crippen LogP contribution in [0.3, 0.4) is 0 Å². The zero-order valence-electron chi connectivity index (χ0n) is 36.4. The molecule has 1 amide bonds. The standard InChI is InChI=1S/C17H30N2O9.C12H15NO8.C10H19NO7/c1-7(16(25)19-8(2)17(26)27)5-10(21)9(18)3-4-11-13(22)15(24)14(23)12(6-20)28-11;14-5-8-9(15)10(16)11(17)12(21-8)20-7-3-1-6(2-4-7)13(18)19;11-4(10(16)17)1-2-5-7(13)9(15)8(14)6(3-12)18-5/h7-9,11-15,20,22-24H,3-6,18H2,1-2H3,(H,19,25)(H,26,27);1-4,8-12,14-17H,5H2;4-9,12-15H,1-3,11H2,(H,16,17)/t7-,8+,9?,11-,12-,13+,14+,15-;8-,9+,10+,11-,12+;4?,5-,6-,7+,8+,9-/m111/s1. The van der Waals surface area contributed by atoms with Gasteiger partial charge in [0, 0.05) is 24.5 Å². The Labute approximate surface area is 382 Å². The van der Waals surface area contributed by atoms with Gasteiger partial charge in [0.25, 0.3) is 5.69 Å². The van der Waals surface area contributed by atoms with Crippen molar-refractivity contribution in [2.45, 2.75) is 156 Å². The van der Waals surface area contributed by atoms with Crippen LogP contribution >= 0.6 is 0 Å². The molecule has 19 atom stereocenters. The first-order chi connectivity index (χ1) is 31.3. The van der Waals surface area contributed by atoms with Gasteiger partial charge in [-0.3, -0.25) is 29.3 Å². The summed E-state index contributed by atoms with van der Waals surface area (Å²) in [6.45, 7) is 1.17. The number of nitro groups is 1. The Balaban J connectivity index is 0.000000354. The van der Waals surface area contributed by atoms with Crippen LogP contribution in [0.15, 0.2) is 24.3 Å². The van der Waals surface area contributed by atoms with Gasteiger partial charge < -0.3 is 107 Å². The van der Waals surface area contributed by atoms with E-state index in [1.165, 1.54) is 38.1 Å². The van der Waals surface area contributed by atoms with E-state index in [-0.39, 0.29) is 43.5 Å². The van der Waals surface area contributed by atoms with Crippen LogP contribution in [0.5, 0.6) is 5.75 Å². The molecular weight excluding hydrogens is 908 g/mol. The number of benzene rings is 1. The van der Waals surface area contributed by atoms with Crippen LogP contribution in [-0.2, 0) is 33.4 Å². The first kappa shape index (κ1) is 58.9. The van der Waals surface area contributed by atoms with E-state index in [0.29, 0.717) is 0 Å². The highest BCUT2D eigenvalue weighted by molar-refractivity contribution is 5.90. The highest BCUT2D eigenvalue weighted by Gasteiger charge is 2.46. The van der Waals surface area contributed by atoms with E-state index in [2.05, 4.69) is 5.32 Å². The smallest absolute Gasteiger partial charge is 0.325 e. The number of non-ortho nitro benzene ring substituents is 1. The van der Waals surface area contributed by atoms with Gasteiger partial charge >= 0.3 is 11.9 Å². The number of rotatable bonds is 19. The van der Waals surface area contributed by atoms with Crippen LogP contribution in [0.1, 0.15) is 46.0 Å². The highest BCUT2D eigenvalue weighted by atomic mass is 16.7. The Morgan fingerprint density at radius 3 is 1.45 bits per heavy atom. The third-order valence-corrected chi connectivity index (χ3v) is 11.1. The number of carboxylic acids is 2. The van der Waals surface area contributed by atoms with Gasteiger partial charge in [-0.05, 0) is 44.7 Å². The lowest BCUT2D eigenvalue weighted by atomic mass is 9.90. The minimum atomic E-state index is -1.54. The largest absolute Gasteiger partial charge is 0.480 e. The number of carbonyl (C=O) groups is 4. The summed E-state index contributed by atoms with van der Waals surface area (Å²) >= 11 is 0. The fourth-order valence-electron chi connectivity index (χ4n) is 6.72. The predicted octanol–water partition coefficient (Wildman–Crippen LogP) is -7.08. The first-order valence-corrected chi connectivity index (χ1v) is 20.9. The number of ketones is 1. The molecule has 28 heteroatoms. The van der Waals surface area contributed by atoms with Crippen LogP contribution in [0.25, 0.3) is 0 Å². The van der Waals surface area contributed by atoms with E-state index in [0.717, 1.165) is 0 Å². The number of aliphatic hydroxyl groups excluding tert-OH is 12. The minimum Gasteiger partial charge on any atom is -0.480 e. The number of Topliss-reactive ketones (excluding diaryl/α,β-unsaturated/α-hetero) is 1. The lowest BCUT2D eigenvalue weighted by Gasteiger charge is -2.40. The number of aliphatic hydroxyl groups is 12. The van der Waals surface area contributed by atoms with Gasteiger partial charge in [0.1, 0.15) is 96.9 Å². The van der Waals surface area contributed by atoms with Gasteiger partial charge in [0.15, 0.2) is 0 Å². The number of carboxylic acid groups (broad SMARTS) is 2. The molecule has 0 saturated carbocycles. The molecule has 2 unspecified atom stereocenters. The van der Waals surface area contributed by atoms with Gasteiger partial charge in [-0.15, -0.1) is 0 Å². The van der Waals surface area contributed by atoms with Crippen molar-refractivity contribution in [2.24, 2.45) is 17.4 Å². The summed E-state index contributed by atoms with van der Waals surface area (Å²) in [5, 5.41) is 145. The summed E-state index contributed by atoms with van der Waals surface area (Å²) in [7, 11) is 0. The SMILES string of the molecule is C[C@H](CC(=O)C(N)CC[C@H]1O[C@H](CO)[C@H](O)[C@H](O)[C@H]1O)C(=O)N[C@@H](C)C(=O)O.NC(CC[C@H]1O[C@H](CO)[C@H](O)[C@H](O)[C@H]1O)C(=O)O.O=[N+]([O-])c1ccc(O[C@H]2O[C@H](CO)[C@H](O)[C@H](O)[C@H]2O)cc1. The predicted molar refractivity (Wildman–Crippen MR) is 221 cm³/mol. The molecule has 3 fully saturated rings. The van der Waals surface area contributed by atoms with Crippen LogP contribution in [0.4, 0.5) is 5.69 Å². The van der Waals surface area contributed by atoms with E-state index < -0.39 is 164 Å². The molecule has 19 N–H and O–H groups in total. The summed E-state index contributed by atoms with van der Waals surface area (Å²) in [6, 6.07) is 1.90. The second-order valence-electron chi connectivity index (χ2n) is 16.1. The maximum Gasteiger partial charge on any atom is 0.325 e. The molecule has 0 spiro atoms. The van der Waals surface area contributed by atoms with E-state index in [1.807, 2.05) is 0 Å². The van der Waals surface area contributed by atoms with E-state index in [9.17, 15) is 75.3 Å². The summed E-state index contributed by atoms with van der Waals surface area (Å²) in [5.41, 5.74) is 11.0. The number of ether oxygens (including phenoxy) is 4. The lowest BCUT2D eigenvalue weighted by Crippen LogP contribution is -2.60. The maximum atomic E-state index is 12.2. The molecule has 28 nitrogen and oxygen atoms in total. The average Bonchev–Trinajstić information content (AvgIpc) is 3.29. The number of hydrogen-bond acceptors (Lipinski definition) is 24. The Morgan fingerprint density at radius 2 is 1.04 bits per heavy atom. The molecule has 67 heavy (non-hydrogen) atoms. The van der Waals surface area contributed by atoms with Gasteiger partial charge in [0.2, 0.25) is 12.2 Å². The molecule has 0 radical (unpaired) electrons. The van der Waals surface area contributed by atoms with Crippen molar-refractivity contribution >= 4 is 29.3 Å². The molecule has 0 aromatic heterocycles.